The van der Waals surface area contributed by atoms with Gasteiger partial charge in [-0.1, -0.05) is 59.3 Å². The highest BCUT2D eigenvalue weighted by Crippen LogP contribution is 2.41. The van der Waals surface area contributed by atoms with Crippen molar-refractivity contribution in [3.63, 3.8) is 0 Å². The van der Waals surface area contributed by atoms with E-state index in [0.29, 0.717) is 59.9 Å². The third-order valence-corrected chi connectivity index (χ3v) is 7.55. The lowest BCUT2D eigenvalue weighted by Crippen LogP contribution is -2.27. The molecular formula is C26H20BrCl2NO4S2. The number of halogens is 3. The number of hydrogen-bond acceptors (Lipinski definition) is 6. The van der Waals surface area contributed by atoms with Crippen LogP contribution >= 0.6 is 63.1 Å². The number of carbonyl (C=O) groups excluding carboxylic acids is 1. The number of carbonyl (C=O) groups is 1. The molecule has 10 heteroatoms. The fourth-order valence-corrected chi connectivity index (χ4v) is 5.70. The molecular weight excluding hydrogens is 605 g/mol. The first-order chi connectivity index (χ1) is 17.3. The molecule has 3 aromatic rings. The zero-order valence-electron chi connectivity index (χ0n) is 19.2. The highest BCUT2D eigenvalue weighted by molar-refractivity contribution is 9.10. The molecule has 1 saturated heterocycles. The van der Waals surface area contributed by atoms with Crippen LogP contribution in [0.25, 0.3) is 6.08 Å². The number of rotatable bonds is 8. The van der Waals surface area contributed by atoms with Gasteiger partial charge in [0.15, 0.2) is 15.8 Å². The Bertz CT molecular complexity index is 1350. The first kappa shape index (κ1) is 26.8. The van der Waals surface area contributed by atoms with E-state index < -0.39 is 0 Å². The van der Waals surface area contributed by atoms with E-state index in [1.807, 2.05) is 43.3 Å². The standard InChI is InChI=1S/C26H20BrCl2NO4S2/c1-3-33-22-11-16(10-19(27)24(22)34-14-15-4-6-17(28)7-5-15)12-23-25(31)30(26(35)36-23)18-8-9-21(32-2)20(29)13-18/h4-13H,3,14H2,1-2H3/b23-12+. The van der Waals surface area contributed by atoms with Gasteiger partial charge in [0.1, 0.15) is 12.4 Å². The number of amides is 1. The minimum Gasteiger partial charge on any atom is -0.495 e. The van der Waals surface area contributed by atoms with Gasteiger partial charge in [0.2, 0.25) is 0 Å². The van der Waals surface area contributed by atoms with Crippen LogP contribution in [0.2, 0.25) is 10.0 Å². The first-order valence-electron chi connectivity index (χ1n) is 10.8. The van der Waals surface area contributed by atoms with Gasteiger partial charge in [-0.05, 0) is 82.5 Å². The Morgan fingerprint density at radius 2 is 1.81 bits per heavy atom. The van der Waals surface area contributed by atoms with E-state index >= 15 is 0 Å². The maximum absolute atomic E-state index is 13.2. The number of thiocarbonyl (C=S) groups is 1. The van der Waals surface area contributed by atoms with E-state index in [0.717, 1.165) is 11.1 Å². The average Bonchev–Trinajstić information content (AvgIpc) is 3.12. The largest absolute Gasteiger partial charge is 0.495 e. The van der Waals surface area contributed by atoms with Crippen LogP contribution in [-0.2, 0) is 11.4 Å². The van der Waals surface area contributed by atoms with E-state index in [2.05, 4.69) is 15.9 Å². The fraction of sp³-hybridized carbons (Fsp3) is 0.154. The highest BCUT2D eigenvalue weighted by Gasteiger charge is 2.33. The number of methoxy groups -OCH3 is 1. The molecule has 0 aromatic heterocycles. The fourth-order valence-electron chi connectivity index (χ4n) is 3.45. The SMILES string of the molecule is CCOc1cc(/C=C2/SC(=S)N(c3ccc(OC)c(Cl)c3)C2=O)cc(Br)c1OCc1ccc(Cl)cc1. The van der Waals surface area contributed by atoms with Gasteiger partial charge in [0.05, 0.1) is 33.8 Å². The van der Waals surface area contributed by atoms with Gasteiger partial charge in [-0.3, -0.25) is 9.69 Å². The van der Waals surface area contributed by atoms with Gasteiger partial charge in [-0.2, -0.15) is 0 Å². The molecule has 186 valence electrons. The molecule has 1 heterocycles. The van der Waals surface area contributed by atoms with Crippen LogP contribution < -0.4 is 19.1 Å². The number of thioether (sulfide) groups is 1. The molecule has 1 aliphatic rings. The molecule has 0 N–H and O–H groups in total. The third-order valence-electron chi connectivity index (χ3n) is 5.11. The summed E-state index contributed by atoms with van der Waals surface area (Å²) in [4.78, 5) is 15.2. The van der Waals surface area contributed by atoms with Crippen LogP contribution in [-0.4, -0.2) is 23.9 Å². The number of anilines is 1. The van der Waals surface area contributed by atoms with Crippen molar-refractivity contribution in [2.45, 2.75) is 13.5 Å². The minimum atomic E-state index is -0.233. The summed E-state index contributed by atoms with van der Waals surface area (Å²) >= 11 is 22.5. The summed E-state index contributed by atoms with van der Waals surface area (Å²) in [7, 11) is 1.53. The molecule has 1 aliphatic heterocycles. The summed E-state index contributed by atoms with van der Waals surface area (Å²) in [6.45, 7) is 2.69. The van der Waals surface area contributed by atoms with Gasteiger partial charge >= 0.3 is 0 Å². The average molecular weight is 625 g/mol. The molecule has 0 radical (unpaired) electrons. The molecule has 3 aromatic carbocycles. The van der Waals surface area contributed by atoms with Gasteiger partial charge in [-0.15, -0.1) is 0 Å². The zero-order chi connectivity index (χ0) is 25.8. The summed E-state index contributed by atoms with van der Waals surface area (Å²) in [6, 6.07) is 16.3. The van der Waals surface area contributed by atoms with Gasteiger partial charge in [-0.25, -0.2) is 0 Å². The lowest BCUT2D eigenvalue weighted by Gasteiger charge is -2.16. The topological polar surface area (TPSA) is 48.0 Å². The summed E-state index contributed by atoms with van der Waals surface area (Å²) < 4.78 is 18.2. The lowest BCUT2D eigenvalue weighted by atomic mass is 10.1. The second-order valence-corrected chi connectivity index (χ2v) is 10.9. The quantitative estimate of drug-likeness (QED) is 0.186. The van der Waals surface area contributed by atoms with E-state index in [-0.39, 0.29) is 5.91 Å². The Morgan fingerprint density at radius 3 is 2.47 bits per heavy atom. The van der Waals surface area contributed by atoms with Crippen LogP contribution in [0.1, 0.15) is 18.1 Å². The van der Waals surface area contributed by atoms with Gasteiger partial charge < -0.3 is 14.2 Å². The van der Waals surface area contributed by atoms with Crippen LogP contribution in [0, 0.1) is 0 Å². The molecule has 36 heavy (non-hydrogen) atoms. The van der Waals surface area contributed by atoms with Gasteiger partial charge in [0.25, 0.3) is 5.91 Å². The molecule has 0 bridgehead atoms. The van der Waals surface area contributed by atoms with Crippen molar-refractivity contribution in [2.75, 3.05) is 18.6 Å². The molecule has 4 rings (SSSR count). The Balaban J connectivity index is 1.59. The number of nitrogens with zero attached hydrogens (tertiary/aromatic N) is 1. The summed E-state index contributed by atoms with van der Waals surface area (Å²) in [5.41, 5.74) is 2.31. The van der Waals surface area contributed by atoms with E-state index in [9.17, 15) is 4.79 Å². The Morgan fingerprint density at radius 1 is 1.06 bits per heavy atom. The van der Waals surface area contributed by atoms with Crippen molar-refractivity contribution in [3.05, 3.63) is 85.1 Å². The number of benzene rings is 3. The Hall–Kier alpha value is -2.23. The molecule has 1 fully saturated rings. The normalized spacial score (nSPS) is 14.5. The molecule has 0 unspecified atom stereocenters. The monoisotopic (exact) mass is 623 g/mol. The van der Waals surface area contributed by atoms with Crippen LogP contribution in [0.5, 0.6) is 17.2 Å². The minimum absolute atomic E-state index is 0.233. The lowest BCUT2D eigenvalue weighted by molar-refractivity contribution is -0.113. The van der Waals surface area contributed by atoms with Crippen molar-refractivity contribution in [3.8, 4) is 17.2 Å². The molecule has 0 saturated carbocycles. The third kappa shape index (κ3) is 6.01. The van der Waals surface area contributed by atoms with Crippen molar-refractivity contribution in [1.82, 2.24) is 0 Å². The smallest absolute Gasteiger partial charge is 0.270 e. The molecule has 0 atom stereocenters. The molecule has 0 spiro atoms. The summed E-state index contributed by atoms with van der Waals surface area (Å²) in [5, 5.41) is 1.06. The van der Waals surface area contributed by atoms with Crippen molar-refractivity contribution in [1.29, 1.82) is 0 Å². The van der Waals surface area contributed by atoms with E-state index in [4.69, 9.17) is 49.6 Å². The van der Waals surface area contributed by atoms with Crippen LogP contribution in [0.4, 0.5) is 5.69 Å². The highest BCUT2D eigenvalue weighted by atomic mass is 79.9. The summed E-state index contributed by atoms with van der Waals surface area (Å²) in [6.07, 6.45) is 1.78. The molecule has 1 amide bonds. The summed E-state index contributed by atoms with van der Waals surface area (Å²) in [5.74, 6) is 1.42. The maximum atomic E-state index is 13.2. The Kier molecular flexibility index (Phi) is 8.85. The first-order valence-corrected chi connectivity index (χ1v) is 13.5. The van der Waals surface area contributed by atoms with Crippen LogP contribution in [0.15, 0.2) is 64.0 Å². The Labute approximate surface area is 237 Å². The molecule has 0 aliphatic carbocycles. The van der Waals surface area contributed by atoms with E-state index in [1.165, 1.54) is 23.8 Å². The predicted molar refractivity (Wildman–Crippen MR) is 155 cm³/mol. The van der Waals surface area contributed by atoms with Crippen molar-refractivity contribution < 1.29 is 19.0 Å². The van der Waals surface area contributed by atoms with Gasteiger partial charge in [0, 0.05) is 5.02 Å². The predicted octanol–water partition coefficient (Wildman–Crippen LogP) is 8.15. The van der Waals surface area contributed by atoms with E-state index in [1.54, 1.807) is 24.3 Å². The second-order valence-electron chi connectivity index (χ2n) is 7.51. The van der Waals surface area contributed by atoms with Crippen molar-refractivity contribution >= 4 is 85.1 Å². The van der Waals surface area contributed by atoms with Crippen molar-refractivity contribution in [2.24, 2.45) is 0 Å². The maximum Gasteiger partial charge on any atom is 0.270 e. The second kappa shape index (κ2) is 11.9. The van der Waals surface area contributed by atoms with Crippen LogP contribution in [0.3, 0.4) is 0 Å². The number of hydrogen-bond donors (Lipinski definition) is 0. The molecule has 5 nitrogen and oxygen atoms in total. The zero-order valence-corrected chi connectivity index (χ0v) is 23.9. The number of ether oxygens (including phenoxy) is 3.